The zero-order valence-corrected chi connectivity index (χ0v) is 22.7. The van der Waals surface area contributed by atoms with Crippen molar-refractivity contribution in [2.75, 3.05) is 57.8 Å². The number of hydrogen-bond acceptors (Lipinski definition) is 7. The van der Waals surface area contributed by atoms with Crippen LogP contribution in [-0.4, -0.2) is 89.1 Å². The number of hydrogen-bond donors (Lipinski definition) is 3. The van der Waals surface area contributed by atoms with Crippen LogP contribution in [0.25, 0.3) is 11.0 Å². The number of aliphatic imine (C=N–C) groups is 1. The zero-order chi connectivity index (χ0) is 22.8. The lowest BCUT2D eigenvalue weighted by molar-refractivity contribution is 0.00395. The van der Waals surface area contributed by atoms with E-state index in [4.69, 9.17) is 9.73 Å². The summed E-state index contributed by atoms with van der Waals surface area (Å²) in [5.41, 5.74) is 0.820. The molecule has 2 aromatic heterocycles. The molecule has 11 heteroatoms. The molecule has 0 amide bonds. The van der Waals surface area contributed by atoms with Crippen molar-refractivity contribution in [3.63, 3.8) is 0 Å². The van der Waals surface area contributed by atoms with Gasteiger partial charge in [0.05, 0.1) is 31.3 Å². The molecule has 0 spiro atoms. The molecule has 1 aliphatic rings. The van der Waals surface area contributed by atoms with E-state index in [1.165, 1.54) is 12.8 Å². The molecule has 0 aliphatic carbocycles. The molecule has 1 atom stereocenters. The Labute approximate surface area is 214 Å². The third kappa shape index (κ3) is 7.64. The number of rotatable bonds is 11. The van der Waals surface area contributed by atoms with Gasteiger partial charge in [0.1, 0.15) is 12.1 Å². The number of aryl methyl sites for hydroxylation is 1. The van der Waals surface area contributed by atoms with E-state index in [0.717, 1.165) is 68.7 Å². The van der Waals surface area contributed by atoms with Gasteiger partial charge in [0.2, 0.25) is 0 Å². The maximum absolute atomic E-state index is 5.57. The first kappa shape index (κ1) is 27.5. The Morgan fingerprint density at radius 2 is 1.88 bits per heavy atom. The number of anilines is 1. The molecule has 3 rings (SSSR count). The summed E-state index contributed by atoms with van der Waals surface area (Å²) in [5, 5.41) is 15.4. The lowest BCUT2D eigenvalue weighted by Crippen LogP contribution is -2.49. The van der Waals surface area contributed by atoms with Gasteiger partial charge in [-0.25, -0.2) is 9.97 Å². The highest BCUT2D eigenvalue weighted by molar-refractivity contribution is 14.0. The first-order valence-electron chi connectivity index (χ1n) is 11.9. The van der Waals surface area contributed by atoms with Crippen LogP contribution in [0.2, 0.25) is 0 Å². The van der Waals surface area contributed by atoms with Crippen molar-refractivity contribution >= 4 is 46.8 Å². The Bertz CT molecular complexity index is 850. The second kappa shape index (κ2) is 14.5. The molecule has 10 nitrogen and oxygen atoms in total. The van der Waals surface area contributed by atoms with Crippen LogP contribution in [-0.2, 0) is 11.8 Å². The van der Waals surface area contributed by atoms with Crippen LogP contribution in [0.3, 0.4) is 0 Å². The van der Waals surface area contributed by atoms with Gasteiger partial charge in [-0.3, -0.25) is 14.6 Å². The highest BCUT2D eigenvalue weighted by Crippen LogP contribution is 2.20. The number of halogens is 1. The highest BCUT2D eigenvalue weighted by atomic mass is 127. The zero-order valence-electron chi connectivity index (χ0n) is 20.4. The van der Waals surface area contributed by atoms with E-state index >= 15 is 0 Å². The Morgan fingerprint density at radius 3 is 2.58 bits per heavy atom. The molecule has 186 valence electrons. The third-order valence-corrected chi connectivity index (χ3v) is 6.13. The average molecular weight is 574 g/mol. The average Bonchev–Trinajstić information content (AvgIpc) is 3.21. The van der Waals surface area contributed by atoms with E-state index in [1.807, 2.05) is 7.05 Å². The monoisotopic (exact) mass is 573 g/mol. The Hall–Kier alpha value is -1.73. The Morgan fingerprint density at radius 1 is 1.12 bits per heavy atom. The quantitative estimate of drug-likeness (QED) is 0.163. The van der Waals surface area contributed by atoms with Gasteiger partial charge in [0.25, 0.3) is 0 Å². The van der Waals surface area contributed by atoms with Gasteiger partial charge in [0, 0.05) is 45.8 Å². The number of morpholine rings is 1. The second-order valence-corrected chi connectivity index (χ2v) is 8.09. The summed E-state index contributed by atoms with van der Waals surface area (Å²) in [5.74, 6) is 2.29. The fourth-order valence-corrected chi connectivity index (χ4v) is 4.30. The van der Waals surface area contributed by atoms with Crippen LogP contribution < -0.4 is 16.0 Å². The van der Waals surface area contributed by atoms with E-state index in [9.17, 15) is 0 Å². The molecule has 2 aromatic rings. The predicted molar refractivity (Wildman–Crippen MR) is 144 cm³/mol. The van der Waals surface area contributed by atoms with Gasteiger partial charge < -0.3 is 20.7 Å². The largest absolute Gasteiger partial charge is 0.379 e. The molecular weight excluding hydrogens is 533 g/mol. The number of aromatic nitrogens is 4. The van der Waals surface area contributed by atoms with Crippen LogP contribution in [0.4, 0.5) is 5.82 Å². The van der Waals surface area contributed by atoms with Crippen LogP contribution in [0, 0.1) is 5.92 Å². The number of guanidine groups is 1. The third-order valence-electron chi connectivity index (χ3n) is 6.13. The minimum absolute atomic E-state index is 0. The molecule has 1 saturated heterocycles. The summed E-state index contributed by atoms with van der Waals surface area (Å²) in [6.07, 6.45) is 5.70. The van der Waals surface area contributed by atoms with Gasteiger partial charge in [-0.15, -0.1) is 24.0 Å². The fraction of sp³-hybridized carbons (Fsp3) is 0.727. The number of nitrogens with zero attached hydrogens (tertiary/aromatic N) is 6. The van der Waals surface area contributed by atoms with Crippen LogP contribution >= 0.6 is 24.0 Å². The van der Waals surface area contributed by atoms with Gasteiger partial charge in [-0.2, -0.15) is 5.10 Å². The summed E-state index contributed by atoms with van der Waals surface area (Å²) in [6, 6.07) is 0.447. The number of fused-ring (bicyclic) bond motifs is 1. The standard InChI is InChI=1S/C22H39N9O.HI/c1-5-17(6-2)19(31-10-12-32-13-11-31)15-26-22(23-7-3)25-9-8-24-20-18-14-29-30(4)21(18)28-16-27-20;/h14,16-17,19H,5-13,15H2,1-4H3,(H2,23,25,26)(H,24,27,28);1H. The van der Waals surface area contributed by atoms with Crippen molar-refractivity contribution in [1.82, 2.24) is 35.3 Å². The summed E-state index contributed by atoms with van der Waals surface area (Å²) in [7, 11) is 1.88. The summed E-state index contributed by atoms with van der Waals surface area (Å²) < 4.78 is 7.32. The SMILES string of the molecule is CCNC(=NCC(C(CC)CC)N1CCOCC1)NCCNc1ncnc2c1cnn2C.I. The molecule has 3 heterocycles. The topological polar surface area (TPSA) is 105 Å². The van der Waals surface area contributed by atoms with Crippen LogP contribution in [0.1, 0.15) is 33.6 Å². The minimum Gasteiger partial charge on any atom is -0.379 e. The molecule has 3 N–H and O–H groups in total. The molecular formula is C22H40IN9O. The van der Waals surface area contributed by atoms with Gasteiger partial charge in [0.15, 0.2) is 11.6 Å². The fourth-order valence-electron chi connectivity index (χ4n) is 4.30. The molecule has 0 aromatic carbocycles. The van der Waals surface area contributed by atoms with E-state index in [0.29, 0.717) is 18.5 Å². The first-order chi connectivity index (χ1) is 15.7. The van der Waals surface area contributed by atoms with Crippen molar-refractivity contribution in [3.8, 4) is 0 Å². The van der Waals surface area contributed by atoms with Crippen LogP contribution in [0.5, 0.6) is 0 Å². The predicted octanol–water partition coefficient (Wildman–Crippen LogP) is 2.09. The summed E-state index contributed by atoms with van der Waals surface area (Å²) in [6.45, 7) is 13.3. The van der Waals surface area contributed by atoms with E-state index in [-0.39, 0.29) is 24.0 Å². The van der Waals surface area contributed by atoms with E-state index in [2.05, 4.69) is 56.7 Å². The lowest BCUT2D eigenvalue weighted by atomic mass is 9.92. The molecule has 1 aliphatic heterocycles. The highest BCUT2D eigenvalue weighted by Gasteiger charge is 2.26. The van der Waals surface area contributed by atoms with Crippen molar-refractivity contribution in [1.29, 1.82) is 0 Å². The molecule has 33 heavy (non-hydrogen) atoms. The first-order valence-corrected chi connectivity index (χ1v) is 11.9. The van der Waals surface area contributed by atoms with Crippen molar-refractivity contribution < 1.29 is 4.74 Å². The summed E-state index contributed by atoms with van der Waals surface area (Å²) >= 11 is 0. The van der Waals surface area contributed by atoms with Gasteiger partial charge >= 0.3 is 0 Å². The molecule has 0 bridgehead atoms. The van der Waals surface area contributed by atoms with Gasteiger partial charge in [-0.1, -0.05) is 26.7 Å². The molecule has 0 radical (unpaired) electrons. The van der Waals surface area contributed by atoms with Crippen molar-refractivity contribution in [2.24, 2.45) is 18.0 Å². The second-order valence-electron chi connectivity index (χ2n) is 8.09. The number of ether oxygens (including phenoxy) is 1. The summed E-state index contributed by atoms with van der Waals surface area (Å²) in [4.78, 5) is 16.1. The molecule has 0 saturated carbocycles. The van der Waals surface area contributed by atoms with Crippen molar-refractivity contribution in [3.05, 3.63) is 12.5 Å². The molecule has 1 fully saturated rings. The van der Waals surface area contributed by atoms with E-state index < -0.39 is 0 Å². The lowest BCUT2D eigenvalue weighted by Gasteiger charge is -2.38. The Balaban J connectivity index is 0.00000385. The normalized spacial score (nSPS) is 16.0. The van der Waals surface area contributed by atoms with Crippen molar-refractivity contribution in [2.45, 2.75) is 39.7 Å². The maximum atomic E-state index is 5.57. The smallest absolute Gasteiger partial charge is 0.191 e. The van der Waals surface area contributed by atoms with Crippen LogP contribution in [0.15, 0.2) is 17.5 Å². The number of nitrogens with one attached hydrogen (secondary N) is 3. The van der Waals surface area contributed by atoms with E-state index in [1.54, 1.807) is 17.2 Å². The minimum atomic E-state index is 0. The van der Waals surface area contributed by atoms with Gasteiger partial charge in [-0.05, 0) is 12.8 Å². The maximum Gasteiger partial charge on any atom is 0.191 e. The Kier molecular flexibility index (Phi) is 12.1. The molecule has 1 unspecified atom stereocenters.